The molecule has 8 nitrogen and oxygen atoms in total. The lowest BCUT2D eigenvalue weighted by molar-refractivity contribution is -0.141. The molecule has 8 heteroatoms. The second-order valence-electron chi connectivity index (χ2n) is 4.77. The van der Waals surface area contributed by atoms with Crippen molar-refractivity contribution in [1.82, 2.24) is 4.90 Å². The van der Waals surface area contributed by atoms with E-state index in [1.807, 2.05) is 0 Å². The van der Waals surface area contributed by atoms with E-state index in [1.165, 1.54) is 24.3 Å². The number of likely N-dealkylation sites (tertiary alicyclic amines) is 1. The van der Waals surface area contributed by atoms with Crippen molar-refractivity contribution in [3.63, 3.8) is 0 Å². The average Bonchev–Trinajstić information content (AvgIpc) is 2.82. The molecule has 0 bridgehead atoms. The Morgan fingerprint density at radius 3 is 2.38 bits per heavy atom. The minimum atomic E-state index is -1.16. The molecule has 2 atom stereocenters. The number of carbonyl (C=O) groups excluding carboxylic acids is 2. The van der Waals surface area contributed by atoms with Gasteiger partial charge in [-0.25, -0.2) is 9.59 Å². The van der Waals surface area contributed by atoms with Crippen molar-refractivity contribution in [2.75, 3.05) is 11.9 Å². The summed E-state index contributed by atoms with van der Waals surface area (Å²) in [7, 11) is 0. The zero-order valence-corrected chi connectivity index (χ0v) is 11.0. The zero-order valence-electron chi connectivity index (χ0n) is 11.0. The van der Waals surface area contributed by atoms with Crippen LogP contribution in [0.3, 0.4) is 0 Å². The van der Waals surface area contributed by atoms with Gasteiger partial charge in [-0.3, -0.25) is 4.79 Å². The largest absolute Gasteiger partial charge is 0.480 e. The van der Waals surface area contributed by atoms with Crippen molar-refractivity contribution in [1.29, 1.82) is 0 Å². The van der Waals surface area contributed by atoms with Crippen LogP contribution in [0, 0.1) is 0 Å². The molecule has 1 fully saturated rings. The first-order valence-electron chi connectivity index (χ1n) is 6.27. The van der Waals surface area contributed by atoms with E-state index in [0.717, 1.165) is 4.90 Å². The van der Waals surface area contributed by atoms with Crippen molar-refractivity contribution in [2.24, 2.45) is 5.73 Å². The number of aliphatic hydroxyl groups excluding tert-OH is 1. The lowest BCUT2D eigenvalue weighted by Crippen LogP contribution is -2.43. The van der Waals surface area contributed by atoms with Crippen LogP contribution >= 0.6 is 0 Å². The number of carbonyl (C=O) groups is 3. The molecule has 0 aromatic heterocycles. The van der Waals surface area contributed by atoms with Crippen molar-refractivity contribution in [3.8, 4) is 0 Å². The molecule has 2 rings (SSSR count). The fourth-order valence-electron chi connectivity index (χ4n) is 2.19. The van der Waals surface area contributed by atoms with Crippen molar-refractivity contribution in [2.45, 2.75) is 18.6 Å². The fourth-order valence-corrected chi connectivity index (χ4v) is 2.19. The fraction of sp³-hybridized carbons (Fsp3) is 0.308. The van der Waals surface area contributed by atoms with Gasteiger partial charge in [-0.15, -0.1) is 0 Å². The molecule has 1 aromatic rings. The number of aliphatic hydroxyl groups is 1. The maximum atomic E-state index is 12.0. The van der Waals surface area contributed by atoms with Crippen LogP contribution in [0.4, 0.5) is 10.5 Å². The van der Waals surface area contributed by atoms with Crippen LogP contribution in [0.15, 0.2) is 24.3 Å². The molecule has 5 N–H and O–H groups in total. The van der Waals surface area contributed by atoms with E-state index in [2.05, 4.69) is 5.32 Å². The number of primary amides is 1. The number of amides is 3. The van der Waals surface area contributed by atoms with Crippen molar-refractivity contribution >= 4 is 23.6 Å². The second-order valence-corrected chi connectivity index (χ2v) is 4.77. The van der Waals surface area contributed by atoms with Gasteiger partial charge in [0.2, 0.25) is 5.91 Å². The number of carboxylic acids is 1. The quantitative estimate of drug-likeness (QED) is 0.614. The molecule has 0 radical (unpaired) electrons. The first kappa shape index (κ1) is 14.8. The molecule has 0 saturated carbocycles. The minimum Gasteiger partial charge on any atom is -0.480 e. The number of aliphatic carboxylic acids is 1. The van der Waals surface area contributed by atoms with Crippen LogP contribution in [0.2, 0.25) is 0 Å². The number of benzene rings is 1. The summed E-state index contributed by atoms with van der Waals surface area (Å²) in [5.74, 6) is -1.74. The van der Waals surface area contributed by atoms with Gasteiger partial charge < -0.3 is 26.2 Å². The Kier molecular flexibility index (Phi) is 4.08. The summed E-state index contributed by atoms with van der Waals surface area (Å²) < 4.78 is 0. The molecule has 112 valence electrons. The van der Waals surface area contributed by atoms with Gasteiger partial charge in [0.1, 0.15) is 6.04 Å². The van der Waals surface area contributed by atoms with Gasteiger partial charge in [0.15, 0.2) is 0 Å². The van der Waals surface area contributed by atoms with Gasteiger partial charge in [0.05, 0.1) is 6.10 Å². The van der Waals surface area contributed by atoms with Gasteiger partial charge >= 0.3 is 12.0 Å². The highest BCUT2D eigenvalue weighted by atomic mass is 16.4. The number of anilines is 1. The van der Waals surface area contributed by atoms with Crippen LogP contribution in [-0.2, 0) is 4.79 Å². The highest BCUT2D eigenvalue weighted by Gasteiger charge is 2.38. The predicted molar refractivity (Wildman–Crippen MR) is 72.7 cm³/mol. The van der Waals surface area contributed by atoms with E-state index in [4.69, 9.17) is 10.8 Å². The first-order chi connectivity index (χ1) is 9.88. The summed E-state index contributed by atoms with van der Waals surface area (Å²) in [6, 6.07) is 4.20. The third kappa shape index (κ3) is 3.29. The molecule has 1 heterocycles. The van der Waals surface area contributed by atoms with Crippen LogP contribution < -0.4 is 11.1 Å². The van der Waals surface area contributed by atoms with Gasteiger partial charge in [-0.1, -0.05) is 0 Å². The number of carboxylic acid groups (broad SMARTS) is 1. The Morgan fingerprint density at radius 2 is 1.86 bits per heavy atom. The van der Waals surface area contributed by atoms with Crippen LogP contribution in [-0.4, -0.2) is 51.7 Å². The third-order valence-corrected chi connectivity index (χ3v) is 3.25. The van der Waals surface area contributed by atoms with Gasteiger partial charge in [-0.05, 0) is 24.3 Å². The summed E-state index contributed by atoms with van der Waals surface area (Å²) in [5.41, 5.74) is 5.80. The Hall–Kier alpha value is -2.61. The SMILES string of the molecule is NC(=O)c1ccc(NC(=O)N2CC(O)C[C@H]2C(=O)O)cc1. The highest BCUT2D eigenvalue weighted by Crippen LogP contribution is 2.20. The molecule has 1 aliphatic rings. The average molecular weight is 293 g/mol. The smallest absolute Gasteiger partial charge is 0.326 e. The lowest BCUT2D eigenvalue weighted by atomic mass is 10.2. The number of nitrogens with two attached hydrogens (primary N) is 1. The number of β-amino-alcohol motifs (C(OH)–C–C–N with tert-alkyl or cyclic N) is 1. The number of nitrogens with zero attached hydrogens (tertiary/aromatic N) is 1. The zero-order chi connectivity index (χ0) is 15.6. The summed E-state index contributed by atoms with van der Waals surface area (Å²) in [4.78, 5) is 35.1. The van der Waals surface area contributed by atoms with E-state index in [9.17, 15) is 19.5 Å². The van der Waals surface area contributed by atoms with Gasteiger partial charge in [0, 0.05) is 24.2 Å². The molecular weight excluding hydrogens is 278 g/mol. The van der Waals surface area contributed by atoms with E-state index < -0.39 is 30.1 Å². The van der Waals surface area contributed by atoms with Crippen LogP contribution in [0.25, 0.3) is 0 Å². The second kappa shape index (κ2) is 5.80. The predicted octanol–water partition coefficient (Wildman–Crippen LogP) is -0.163. The monoisotopic (exact) mass is 293 g/mol. The summed E-state index contributed by atoms with van der Waals surface area (Å²) in [6.07, 6.45) is -0.849. The van der Waals surface area contributed by atoms with Gasteiger partial charge in [-0.2, -0.15) is 0 Å². The highest BCUT2D eigenvalue weighted by molar-refractivity contribution is 5.95. The molecule has 1 saturated heterocycles. The van der Waals surface area contributed by atoms with E-state index >= 15 is 0 Å². The summed E-state index contributed by atoms with van der Waals surface area (Å²) >= 11 is 0. The topological polar surface area (TPSA) is 133 Å². The Morgan fingerprint density at radius 1 is 1.24 bits per heavy atom. The molecule has 1 aliphatic heterocycles. The van der Waals surface area contributed by atoms with Crippen molar-refractivity contribution in [3.05, 3.63) is 29.8 Å². The molecule has 0 spiro atoms. The van der Waals surface area contributed by atoms with E-state index in [1.54, 1.807) is 0 Å². The number of nitrogens with one attached hydrogen (secondary N) is 1. The Labute approximate surface area is 120 Å². The summed E-state index contributed by atoms with van der Waals surface area (Å²) in [6.45, 7) is -0.0395. The number of rotatable bonds is 3. The van der Waals surface area contributed by atoms with Crippen molar-refractivity contribution < 1.29 is 24.6 Å². The number of hydrogen-bond acceptors (Lipinski definition) is 4. The standard InChI is InChI=1S/C13H15N3O5/c14-11(18)7-1-3-8(4-2-7)15-13(21)16-6-9(17)5-10(16)12(19)20/h1-4,9-10,17H,5-6H2,(H2,14,18)(H,15,21)(H,19,20)/t9?,10-/m0/s1. The molecule has 1 unspecified atom stereocenters. The van der Waals surface area contributed by atoms with Crippen LogP contribution in [0.1, 0.15) is 16.8 Å². The van der Waals surface area contributed by atoms with E-state index in [0.29, 0.717) is 11.3 Å². The normalized spacial score (nSPS) is 21.1. The van der Waals surface area contributed by atoms with E-state index in [-0.39, 0.29) is 13.0 Å². The molecular formula is C13H15N3O5. The number of hydrogen-bond donors (Lipinski definition) is 4. The first-order valence-corrected chi connectivity index (χ1v) is 6.27. The minimum absolute atomic E-state index is 0.00334. The molecule has 1 aromatic carbocycles. The maximum absolute atomic E-state index is 12.0. The Bertz CT molecular complexity index is 572. The summed E-state index contributed by atoms with van der Waals surface area (Å²) in [5, 5.41) is 21.0. The lowest BCUT2D eigenvalue weighted by Gasteiger charge is -2.21. The molecule has 3 amide bonds. The van der Waals surface area contributed by atoms with Crippen LogP contribution in [0.5, 0.6) is 0 Å². The third-order valence-electron chi connectivity index (χ3n) is 3.25. The van der Waals surface area contributed by atoms with Gasteiger partial charge in [0.25, 0.3) is 0 Å². The molecule has 0 aliphatic carbocycles. The molecule has 21 heavy (non-hydrogen) atoms. The maximum Gasteiger partial charge on any atom is 0.326 e. The Balaban J connectivity index is 2.06. The number of urea groups is 1.